The van der Waals surface area contributed by atoms with Crippen molar-refractivity contribution < 1.29 is 23.9 Å². The zero-order valence-electron chi connectivity index (χ0n) is 17.5. The van der Waals surface area contributed by atoms with Crippen LogP contribution in [0.5, 0.6) is 0 Å². The number of ether oxygens (including phenoxy) is 2. The standard InChI is InChI=1S/C25H28O5/c1-17(2)18-13-15-21(16-14-18)23(26)29-22(19-9-5-3-6-10-19)25(28)30-24(27)20-11-7-4-8-12-20/h3,5-6,9-10,13-17,20,22H,4,7-8,11-12H2,1-2H3. The van der Waals surface area contributed by atoms with E-state index in [1.54, 1.807) is 42.5 Å². The maximum Gasteiger partial charge on any atom is 0.359 e. The highest BCUT2D eigenvalue weighted by atomic mass is 16.6. The smallest absolute Gasteiger partial charge is 0.359 e. The van der Waals surface area contributed by atoms with Crippen LogP contribution in [-0.4, -0.2) is 17.9 Å². The Kier molecular flexibility index (Phi) is 7.39. The van der Waals surface area contributed by atoms with Crippen molar-refractivity contribution >= 4 is 17.9 Å². The van der Waals surface area contributed by atoms with Gasteiger partial charge in [0.15, 0.2) is 0 Å². The quantitative estimate of drug-likeness (QED) is 0.475. The van der Waals surface area contributed by atoms with Crippen LogP contribution in [0, 0.1) is 5.92 Å². The van der Waals surface area contributed by atoms with Crippen molar-refractivity contribution in [2.24, 2.45) is 5.92 Å². The summed E-state index contributed by atoms with van der Waals surface area (Å²) in [5.74, 6) is -1.95. The Bertz CT molecular complexity index is 864. The molecule has 5 nitrogen and oxygen atoms in total. The summed E-state index contributed by atoms with van der Waals surface area (Å²) in [6.07, 6.45) is 3.16. The third-order valence-corrected chi connectivity index (χ3v) is 5.49. The van der Waals surface area contributed by atoms with Crippen molar-refractivity contribution in [2.45, 2.75) is 58.0 Å². The molecule has 1 unspecified atom stereocenters. The molecule has 2 aromatic rings. The summed E-state index contributed by atoms with van der Waals surface area (Å²) in [7, 11) is 0. The van der Waals surface area contributed by atoms with Crippen molar-refractivity contribution in [2.75, 3.05) is 0 Å². The van der Waals surface area contributed by atoms with Crippen LogP contribution >= 0.6 is 0 Å². The first-order chi connectivity index (χ1) is 14.5. The van der Waals surface area contributed by atoms with Crippen LogP contribution in [0.25, 0.3) is 0 Å². The summed E-state index contributed by atoms with van der Waals surface area (Å²) in [5.41, 5.74) is 1.90. The summed E-state index contributed by atoms with van der Waals surface area (Å²) in [6.45, 7) is 4.14. The molecule has 0 aromatic heterocycles. The van der Waals surface area contributed by atoms with Gasteiger partial charge in [-0.05, 0) is 36.5 Å². The van der Waals surface area contributed by atoms with Gasteiger partial charge in [-0.1, -0.05) is 75.6 Å². The van der Waals surface area contributed by atoms with E-state index in [0.29, 0.717) is 17.0 Å². The Morgan fingerprint density at radius 3 is 2.07 bits per heavy atom. The largest absolute Gasteiger partial charge is 0.442 e. The molecule has 0 spiro atoms. The van der Waals surface area contributed by atoms with Gasteiger partial charge in [-0.15, -0.1) is 0 Å². The fourth-order valence-electron chi connectivity index (χ4n) is 3.63. The zero-order chi connectivity index (χ0) is 21.5. The highest BCUT2D eigenvalue weighted by Crippen LogP contribution is 2.27. The second kappa shape index (κ2) is 10.2. The Morgan fingerprint density at radius 1 is 0.833 bits per heavy atom. The second-order valence-electron chi connectivity index (χ2n) is 8.05. The molecular formula is C25H28O5. The lowest BCUT2D eigenvalue weighted by Gasteiger charge is -2.21. The van der Waals surface area contributed by atoms with Gasteiger partial charge in [0.25, 0.3) is 0 Å². The average molecular weight is 408 g/mol. The van der Waals surface area contributed by atoms with E-state index in [2.05, 4.69) is 13.8 Å². The summed E-state index contributed by atoms with van der Waals surface area (Å²) < 4.78 is 10.6. The minimum absolute atomic E-state index is 0.265. The first kappa shape index (κ1) is 21.8. The molecular weight excluding hydrogens is 380 g/mol. The van der Waals surface area contributed by atoms with Crippen LogP contribution in [0.1, 0.15) is 79.5 Å². The van der Waals surface area contributed by atoms with Crippen molar-refractivity contribution in [1.82, 2.24) is 0 Å². The minimum Gasteiger partial charge on any atom is -0.442 e. The van der Waals surface area contributed by atoms with Crippen molar-refractivity contribution in [3.05, 3.63) is 71.3 Å². The Hall–Kier alpha value is -2.95. The molecule has 0 bridgehead atoms. The second-order valence-corrected chi connectivity index (χ2v) is 8.05. The zero-order valence-corrected chi connectivity index (χ0v) is 17.5. The summed E-state index contributed by atoms with van der Waals surface area (Å²) in [5, 5.41) is 0. The minimum atomic E-state index is -1.30. The Balaban J connectivity index is 1.74. The van der Waals surface area contributed by atoms with Crippen LogP contribution < -0.4 is 0 Å². The van der Waals surface area contributed by atoms with Gasteiger partial charge in [0.05, 0.1) is 11.5 Å². The molecule has 5 heteroatoms. The van der Waals surface area contributed by atoms with E-state index in [0.717, 1.165) is 37.7 Å². The number of esters is 3. The molecule has 3 rings (SSSR count). The molecule has 1 atom stereocenters. The molecule has 158 valence electrons. The van der Waals surface area contributed by atoms with Gasteiger partial charge in [0.2, 0.25) is 6.10 Å². The van der Waals surface area contributed by atoms with E-state index >= 15 is 0 Å². The van der Waals surface area contributed by atoms with E-state index in [1.165, 1.54) is 0 Å². The Morgan fingerprint density at radius 2 is 1.47 bits per heavy atom. The number of hydrogen-bond donors (Lipinski definition) is 0. The van der Waals surface area contributed by atoms with Crippen molar-refractivity contribution in [1.29, 1.82) is 0 Å². The topological polar surface area (TPSA) is 69.7 Å². The molecule has 30 heavy (non-hydrogen) atoms. The molecule has 1 saturated carbocycles. The third kappa shape index (κ3) is 5.56. The molecule has 1 fully saturated rings. The number of benzene rings is 2. The molecule has 2 aromatic carbocycles. The molecule has 0 amide bonds. The highest BCUT2D eigenvalue weighted by Gasteiger charge is 2.32. The molecule has 0 radical (unpaired) electrons. The van der Waals surface area contributed by atoms with Crippen LogP contribution in [0.2, 0.25) is 0 Å². The van der Waals surface area contributed by atoms with Gasteiger partial charge in [0, 0.05) is 5.56 Å². The average Bonchev–Trinajstić information content (AvgIpc) is 2.78. The number of hydrogen-bond acceptors (Lipinski definition) is 5. The fourth-order valence-corrected chi connectivity index (χ4v) is 3.63. The Labute approximate surface area is 177 Å². The summed E-state index contributed by atoms with van der Waals surface area (Å²) in [6, 6.07) is 15.7. The predicted octanol–water partition coefficient (Wildman–Crippen LogP) is 5.36. The predicted molar refractivity (Wildman–Crippen MR) is 113 cm³/mol. The van der Waals surface area contributed by atoms with Crippen molar-refractivity contribution in [3.8, 4) is 0 Å². The van der Waals surface area contributed by atoms with Crippen LogP contribution in [0.15, 0.2) is 54.6 Å². The van der Waals surface area contributed by atoms with Gasteiger partial charge in [-0.3, -0.25) is 4.79 Å². The van der Waals surface area contributed by atoms with Gasteiger partial charge in [-0.2, -0.15) is 0 Å². The fraction of sp³-hybridized carbons (Fsp3) is 0.400. The summed E-state index contributed by atoms with van der Waals surface area (Å²) in [4.78, 5) is 37.9. The van der Waals surface area contributed by atoms with Gasteiger partial charge < -0.3 is 9.47 Å². The van der Waals surface area contributed by atoms with Gasteiger partial charge >= 0.3 is 17.9 Å². The molecule has 1 aliphatic carbocycles. The number of carbonyl (C=O) groups is 3. The molecule has 1 aliphatic rings. The third-order valence-electron chi connectivity index (χ3n) is 5.49. The van der Waals surface area contributed by atoms with Crippen LogP contribution in [0.4, 0.5) is 0 Å². The lowest BCUT2D eigenvalue weighted by Crippen LogP contribution is -2.28. The lowest BCUT2D eigenvalue weighted by molar-refractivity contribution is -0.169. The van der Waals surface area contributed by atoms with E-state index in [-0.39, 0.29) is 5.92 Å². The highest BCUT2D eigenvalue weighted by molar-refractivity contribution is 5.94. The van der Waals surface area contributed by atoms with E-state index in [1.807, 2.05) is 12.1 Å². The molecule has 0 saturated heterocycles. The number of rotatable bonds is 6. The van der Waals surface area contributed by atoms with E-state index in [9.17, 15) is 14.4 Å². The maximum absolute atomic E-state index is 12.8. The monoisotopic (exact) mass is 408 g/mol. The molecule has 0 heterocycles. The SMILES string of the molecule is CC(C)c1ccc(C(=O)OC(C(=O)OC(=O)C2CCCCC2)c2ccccc2)cc1. The maximum atomic E-state index is 12.8. The molecule has 0 aliphatic heterocycles. The van der Waals surface area contributed by atoms with E-state index < -0.39 is 24.0 Å². The van der Waals surface area contributed by atoms with Gasteiger partial charge in [-0.25, -0.2) is 9.59 Å². The van der Waals surface area contributed by atoms with Gasteiger partial charge in [0.1, 0.15) is 0 Å². The summed E-state index contributed by atoms with van der Waals surface area (Å²) >= 11 is 0. The van der Waals surface area contributed by atoms with Crippen molar-refractivity contribution in [3.63, 3.8) is 0 Å². The van der Waals surface area contributed by atoms with Crippen LogP contribution in [0.3, 0.4) is 0 Å². The lowest BCUT2D eigenvalue weighted by atomic mass is 9.89. The molecule has 0 N–H and O–H groups in total. The normalized spacial score (nSPS) is 15.4. The van der Waals surface area contributed by atoms with E-state index in [4.69, 9.17) is 9.47 Å². The van der Waals surface area contributed by atoms with Crippen LogP contribution in [-0.2, 0) is 19.1 Å². The number of carbonyl (C=O) groups excluding carboxylic acids is 3. The first-order valence-corrected chi connectivity index (χ1v) is 10.6. The first-order valence-electron chi connectivity index (χ1n) is 10.6.